The molecule has 0 saturated carbocycles. The third kappa shape index (κ3) is 4.66. The van der Waals surface area contributed by atoms with Crippen molar-refractivity contribution in [3.8, 4) is 0 Å². The lowest BCUT2D eigenvalue weighted by Gasteiger charge is -2.23. The van der Waals surface area contributed by atoms with Crippen molar-refractivity contribution in [1.82, 2.24) is 14.9 Å². The molecular weight excluding hydrogens is 368 g/mol. The van der Waals surface area contributed by atoms with Gasteiger partial charge in [0.2, 0.25) is 0 Å². The van der Waals surface area contributed by atoms with Crippen LogP contribution in [0.2, 0.25) is 0 Å². The molecule has 0 aliphatic carbocycles. The Morgan fingerprint density at radius 1 is 1.07 bits per heavy atom. The molecule has 28 heavy (non-hydrogen) atoms. The van der Waals surface area contributed by atoms with Crippen LogP contribution in [-0.2, 0) is 5.75 Å². The Labute approximate surface area is 172 Å². The molecule has 1 saturated heterocycles. The van der Waals surface area contributed by atoms with Gasteiger partial charge in [-0.15, -0.1) is 0 Å². The maximum absolute atomic E-state index is 12.5. The molecule has 0 atom stereocenters. The maximum Gasteiger partial charge on any atom is 0.253 e. The number of hydrogen-bond acceptors (Lipinski definition) is 5. The van der Waals surface area contributed by atoms with E-state index in [4.69, 9.17) is 4.98 Å². The largest absolute Gasteiger partial charge is 0.357 e. The van der Waals surface area contributed by atoms with Gasteiger partial charge in [0.15, 0.2) is 5.16 Å². The third-order valence-corrected chi connectivity index (χ3v) is 6.29. The predicted octanol–water partition coefficient (Wildman–Crippen LogP) is 4.47. The van der Waals surface area contributed by atoms with Gasteiger partial charge in [0.25, 0.3) is 5.91 Å². The average Bonchev–Trinajstić information content (AvgIpc) is 3.25. The van der Waals surface area contributed by atoms with Crippen LogP contribution in [0.3, 0.4) is 0 Å². The highest BCUT2D eigenvalue weighted by molar-refractivity contribution is 7.98. The van der Waals surface area contributed by atoms with E-state index in [-0.39, 0.29) is 5.91 Å². The molecule has 3 rings (SSSR count). The molecule has 1 aliphatic rings. The first kappa shape index (κ1) is 20.6. The molecule has 1 aromatic carbocycles. The van der Waals surface area contributed by atoms with Crippen LogP contribution in [0.15, 0.2) is 29.4 Å². The molecule has 1 aromatic heterocycles. The van der Waals surface area contributed by atoms with Crippen molar-refractivity contribution in [2.24, 2.45) is 0 Å². The minimum Gasteiger partial charge on any atom is -0.357 e. The fourth-order valence-corrected chi connectivity index (χ4v) is 4.32. The molecule has 0 unspecified atom stereocenters. The second-order valence-corrected chi connectivity index (χ2v) is 8.14. The Kier molecular flexibility index (Phi) is 6.94. The van der Waals surface area contributed by atoms with Crippen LogP contribution in [-0.4, -0.2) is 47.0 Å². The maximum atomic E-state index is 12.5. The standard InChI is InChI=1S/C22H30N4OS/c1-5-25(6-2)20-16(3)17(4)23-22(24-20)28-15-18-9-11-19(12-10-18)21(27)26-13-7-8-14-26/h9-12H,5-8,13-15H2,1-4H3. The summed E-state index contributed by atoms with van der Waals surface area (Å²) in [6.45, 7) is 12.1. The fraction of sp³-hybridized carbons (Fsp3) is 0.500. The van der Waals surface area contributed by atoms with Crippen molar-refractivity contribution in [1.29, 1.82) is 0 Å². The van der Waals surface area contributed by atoms with E-state index in [1.165, 1.54) is 5.56 Å². The van der Waals surface area contributed by atoms with Gasteiger partial charge in [0.05, 0.1) is 0 Å². The number of nitrogens with zero attached hydrogens (tertiary/aromatic N) is 4. The molecule has 1 amide bonds. The van der Waals surface area contributed by atoms with Crippen molar-refractivity contribution in [3.05, 3.63) is 46.6 Å². The molecule has 5 nitrogen and oxygen atoms in total. The number of anilines is 1. The summed E-state index contributed by atoms with van der Waals surface area (Å²) < 4.78 is 0. The first-order valence-corrected chi connectivity index (χ1v) is 11.1. The average molecular weight is 399 g/mol. The Morgan fingerprint density at radius 2 is 1.71 bits per heavy atom. The number of carbonyl (C=O) groups excluding carboxylic acids is 1. The number of benzene rings is 1. The molecule has 0 spiro atoms. The Morgan fingerprint density at radius 3 is 2.32 bits per heavy atom. The van der Waals surface area contributed by atoms with Crippen LogP contribution < -0.4 is 4.90 Å². The van der Waals surface area contributed by atoms with Crippen molar-refractivity contribution < 1.29 is 4.79 Å². The molecular formula is C22H30N4OS. The normalized spacial score (nSPS) is 13.8. The SMILES string of the molecule is CCN(CC)c1nc(SCc2ccc(C(=O)N3CCCC3)cc2)nc(C)c1C. The minimum atomic E-state index is 0.151. The second-order valence-electron chi connectivity index (χ2n) is 7.20. The number of carbonyl (C=O) groups is 1. The lowest BCUT2D eigenvalue weighted by molar-refractivity contribution is 0.0793. The summed E-state index contributed by atoms with van der Waals surface area (Å²) >= 11 is 1.64. The Hall–Kier alpha value is -2.08. The lowest BCUT2D eigenvalue weighted by Crippen LogP contribution is -2.27. The monoisotopic (exact) mass is 398 g/mol. The van der Waals surface area contributed by atoms with Crippen molar-refractivity contribution in [2.75, 3.05) is 31.1 Å². The first-order valence-electron chi connectivity index (χ1n) is 10.1. The summed E-state index contributed by atoms with van der Waals surface area (Å²) in [5.41, 5.74) is 4.14. The van der Waals surface area contributed by atoms with Gasteiger partial charge < -0.3 is 9.80 Å². The van der Waals surface area contributed by atoms with Crippen LogP contribution in [0.1, 0.15) is 53.9 Å². The summed E-state index contributed by atoms with van der Waals surface area (Å²) in [7, 11) is 0. The molecule has 2 heterocycles. The van der Waals surface area contributed by atoms with Gasteiger partial charge in [-0.3, -0.25) is 4.79 Å². The van der Waals surface area contributed by atoms with Crippen LogP contribution in [0, 0.1) is 13.8 Å². The van der Waals surface area contributed by atoms with Gasteiger partial charge in [0, 0.05) is 48.8 Å². The van der Waals surface area contributed by atoms with Crippen LogP contribution in [0.5, 0.6) is 0 Å². The molecule has 6 heteroatoms. The van der Waals surface area contributed by atoms with E-state index >= 15 is 0 Å². The zero-order chi connectivity index (χ0) is 20.1. The summed E-state index contributed by atoms with van der Waals surface area (Å²) in [5, 5.41) is 0.808. The fourth-order valence-electron chi connectivity index (χ4n) is 3.48. The van der Waals surface area contributed by atoms with E-state index in [0.29, 0.717) is 0 Å². The molecule has 2 aromatic rings. The number of rotatable bonds is 7. The summed E-state index contributed by atoms with van der Waals surface area (Å²) in [6, 6.07) is 7.98. The van der Waals surface area contributed by atoms with Crippen molar-refractivity contribution in [2.45, 2.75) is 51.4 Å². The highest BCUT2D eigenvalue weighted by Gasteiger charge is 2.19. The molecule has 0 bridgehead atoms. The quantitative estimate of drug-likeness (QED) is 0.509. The van der Waals surface area contributed by atoms with Crippen LogP contribution >= 0.6 is 11.8 Å². The smallest absolute Gasteiger partial charge is 0.253 e. The predicted molar refractivity (Wildman–Crippen MR) is 116 cm³/mol. The number of likely N-dealkylation sites (tertiary alicyclic amines) is 1. The van der Waals surface area contributed by atoms with Gasteiger partial charge in [-0.1, -0.05) is 23.9 Å². The van der Waals surface area contributed by atoms with E-state index in [1.54, 1.807) is 11.8 Å². The van der Waals surface area contributed by atoms with E-state index in [0.717, 1.165) is 72.6 Å². The van der Waals surface area contributed by atoms with Gasteiger partial charge >= 0.3 is 0 Å². The highest BCUT2D eigenvalue weighted by Crippen LogP contribution is 2.26. The van der Waals surface area contributed by atoms with Gasteiger partial charge in [-0.05, 0) is 58.2 Å². The van der Waals surface area contributed by atoms with Crippen molar-refractivity contribution in [3.63, 3.8) is 0 Å². The number of hydrogen-bond donors (Lipinski definition) is 0. The molecule has 1 aliphatic heterocycles. The number of amides is 1. The van der Waals surface area contributed by atoms with Crippen LogP contribution in [0.25, 0.3) is 0 Å². The number of aryl methyl sites for hydroxylation is 1. The van der Waals surface area contributed by atoms with Gasteiger partial charge in [-0.2, -0.15) is 0 Å². The van der Waals surface area contributed by atoms with Gasteiger partial charge in [-0.25, -0.2) is 9.97 Å². The minimum absolute atomic E-state index is 0.151. The van der Waals surface area contributed by atoms with Crippen molar-refractivity contribution >= 4 is 23.5 Å². The van der Waals surface area contributed by atoms with Gasteiger partial charge in [0.1, 0.15) is 5.82 Å². The highest BCUT2D eigenvalue weighted by atomic mass is 32.2. The zero-order valence-corrected chi connectivity index (χ0v) is 18.2. The zero-order valence-electron chi connectivity index (χ0n) is 17.4. The second kappa shape index (κ2) is 9.41. The topological polar surface area (TPSA) is 49.3 Å². The third-order valence-electron chi connectivity index (χ3n) is 5.37. The van der Waals surface area contributed by atoms with Crippen LogP contribution in [0.4, 0.5) is 5.82 Å². The molecule has 1 fully saturated rings. The first-order chi connectivity index (χ1) is 13.5. The van der Waals surface area contributed by atoms with E-state index in [2.05, 4.69) is 30.7 Å². The summed E-state index contributed by atoms with van der Waals surface area (Å²) in [6.07, 6.45) is 2.23. The Bertz CT molecular complexity index is 812. The van der Waals surface area contributed by atoms with E-state index in [9.17, 15) is 4.79 Å². The lowest BCUT2D eigenvalue weighted by atomic mass is 10.1. The molecule has 150 valence electrons. The van der Waals surface area contributed by atoms with E-state index < -0.39 is 0 Å². The number of aromatic nitrogens is 2. The number of thioether (sulfide) groups is 1. The Balaban J connectivity index is 1.67. The summed E-state index contributed by atoms with van der Waals surface area (Å²) in [4.78, 5) is 26.1. The van der Waals surface area contributed by atoms with E-state index in [1.807, 2.05) is 36.1 Å². The molecule has 0 radical (unpaired) electrons. The summed E-state index contributed by atoms with van der Waals surface area (Å²) in [5.74, 6) is 1.97. The molecule has 0 N–H and O–H groups in total.